The van der Waals surface area contributed by atoms with Crippen LogP contribution < -0.4 is 10.6 Å². The summed E-state index contributed by atoms with van der Waals surface area (Å²) in [5.41, 5.74) is 0.461. The van der Waals surface area contributed by atoms with E-state index in [1.165, 1.54) is 18.2 Å². The van der Waals surface area contributed by atoms with E-state index < -0.39 is 23.7 Å². The number of aliphatic carboxylic acids is 1. The lowest BCUT2D eigenvalue weighted by Gasteiger charge is -2.10. The first kappa shape index (κ1) is 16.4. The average molecular weight is 347 g/mol. The maximum Gasteiger partial charge on any atom is 0.319 e. The number of benzene rings is 1. The van der Waals surface area contributed by atoms with Crippen molar-refractivity contribution in [2.75, 3.05) is 11.9 Å². The highest BCUT2D eigenvalue weighted by Crippen LogP contribution is 2.22. The van der Waals surface area contributed by atoms with Crippen LogP contribution in [0.1, 0.15) is 19.8 Å². The van der Waals surface area contributed by atoms with Gasteiger partial charge in [-0.2, -0.15) is 0 Å². The van der Waals surface area contributed by atoms with Gasteiger partial charge < -0.3 is 15.7 Å². The van der Waals surface area contributed by atoms with Crippen molar-refractivity contribution in [2.45, 2.75) is 19.8 Å². The number of nitrogens with one attached hydrogen (secondary N) is 2. The van der Waals surface area contributed by atoms with Gasteiger partial charge in [-0.3, -0.25) is 4.79 Å². The Morgan fingerprint density at radius 3 is 2.75 bits per heavy atom. The predicted octanol–water partition coefficient (Wildman–Crippen LogP) is 3.21. The standard InChI is InChI=1S/C13H16BrFN2O3/c1-8(12(18)19)3-2-6-16-13(20)17-11-5-4-9(15)7-10(11)14/h4-5,7-8H,2-3,6H2,1H3,(H,18,19)(H2,16,17,20). The highest BCUT2D eigenvalue weighted by Gasteiger charge is 2.10. The SMILES string of the molecule is CC(CCCNC(=O)Nc1ccc(F)cc1Br)C(=O)O. The van der Waals surface area contributed by atoms with Gasteiger partial charge in [0, 0.05) is 11.0 Å². The van der Waals surface area contributed by atoms with Crippen molar-refractivity contribution in [1.82, 2.24) is 5.32 Å². The number of carboxylic acid groups (broad SMARTS) is 1. The van der Waals surface area contributed by atoms with Crippen LogP contribution in [0.4, 0.5) is 14.9 Å². The van der Waals surface area contributed by atoms with E-state index in [0.29, 0.717) is 29.5 Å². The number of halogens is 2. The van der Waals surface area contributed by atoms with Crippen LogP contribution in [0, 0.1) is 11.7 Å². The van der Waals surface area contributed by atoms with E-state index in [1.54, 1.807) is 6.92 Å². The van der Waals surface area contributed by atoms with E-state index in [4.69, 9.17) is 5.11 Å². The summed E-state index contributed by atoms with van der Waals surface area (Å²) in [6.07, 6.45) is 1.07. The van der Waals surface area contributed by atoms with Crippen molar-refractivity contribution in [3.63, 3.8) is 0 Å². The van der Waals surface area contributed by atoms with Crippen molar-refractivity contribution >= 4 is 33.6 Å². The normalized spacial score (nSPS) is 11.8. The average Bonchev–Trinajstić information content (AvgIpc) is 2.37. The summed E-state index contributed by atoms with van der Waals surface area (Å²) in [6, 6.07) is 3.53. The zero-order valence-corrected chi connectivity index (χ0v) is 12.5. The van der Waals surface area contributed by atoms with Crippen molar-refractivity contribution in [2.24, 2.45) is 5.92 Å². The molecule has 0 bridgehead atoms. The Bertz CT molecular complexity index is 497. The molecular weight excluding hydrogens is 331 g/mol. The molecule has 0 aromatic heterocycles. The maximum atomic E-state index is 12.9. The Hall–Kier alpha value is -1.63. The van der Waals surface area contributed by atoms with Crippen LogP contribution in [0.5, 0.6) is 0 Å². The topological polar surface area (TPSA) is 78.4 Å². The molecule has 0 aliphatic carbocycles. The molecule has 20 heavy (non-hydrogen) atoms. The number of carbonyl (C=O) groups excluding carboxylic acids is 1. The van der Waals surface area contributed by atoms with Gasteiger partial charge >= 0.3 is 12.0 Å². The van der Waals surface area contributed by atoms with E-state index in [1.807, 2.05) is 0 Å². The molecule has 1 aromatic carbocycles. The zero-order valence-electron chi connectivity index (χ0n) is 11.0. The molecular formula is C13H16BrFN2O3. The van der Waals surface area contributed by atoms with Gasteiger partial charge in [-0.25, -0.2) is 9.18 Å². The summed E-state index contributed by atoms with van der Waals surface area (Å²) < 4.78 is 13.3. The van der Waals surface area contributed by atoms with Crippen LogP contribution in [-0.4, -0.2) is 23.7 Å². The highest BCUT2D eigenvalue weighted by molar-refractivity contribution is 9.10. The molecule has 0 fully saturated rings. The van der Waals surface area contributed by atoms with E-state index in [-0.39, 0.29) is 0 Å². The number of urea groups is 1. The number of rotatable bonds is 6. The summed E-state index contributed by atoms with van der Waals surface area (Å²) in [5.74, 6) is -1.67. The summed E-state index contributed by atoms with van der Waals surface area (Å²) >= 11 is 3.14. The second-order valence-corrected chi connectivity index (χ2v) is 5.24. The second-order valence-electron chi connectivity index (χ2n) is 4.39. The molecule has 0 aliphatic heterocycles. The van der Waals surface area contributed by atoms with Gasteiger partial charge in [0.25, 0.3) is 0 Å². The van der Waals surface area contributed by atoms with Gasteiger partial charge in [-0.05, 0) is 47.0 Å². The molecule has 0 saturated carbocycles. The van der Waals surface area contributed by atoms with Crippen LogP contribution in [-0.2, 0) is 4.79 Å². The molecule has 2 amide bonds. The van der Waals surface area contributed by atoms with E-state index in [9.17, 15) is 14.0 Å². The predicted molar refractivity (Wildman–Crippen MR) is 77.2 cm³/mol. The Kier molecular flexibility index (Phi) is 6.44. The number of hydrogen-bond donors (Lipinski definition) is 3. The van der Waals surface area contributed by atoms with Crippen molar-refractivity contribution in [3.8, 4) is 0 Å². The van der Waals surface area contributed by atoms with Crippen molar-refractivity contribution in [1.29, 1.82) is 0 Å². The van der Waals surface area contributed by atoms with Crippen LogP contribution in [0.15, 0.2) is 22.7 Å². The van der Waals surface area contributed by atoms with Crippen molar-refractivity contribution < 1.29 is 19.1 Å². The lowest BCUT2D eigenvalue weighted by molar-refractivity contribution is -0.141. The first-order chi connectivity index (χ1) is 9.40. The first-order valence-corrected chi connectivity index (χ1v) is 6.92. The molecule has 0 radical (unpaired) electrons. The van der Waals surface area contributed by atoms with Crippen LogP contribution in [0.25, 0.3) is 0 Å². The molecule has 0 saturated heterocycles. The smallest absolute Gasteiger partial charge is 0.319 e. The molecule has 0 aliphatic rings. The quantitative estimate of drug-likeness (QED) is 0.692. The maximum absolute atomic E-state index is 12.9. The van der Waals surface area contributed by atoms with Gasteiger partial charge in [-0.1, -0.05) is 6.92 Å². The summed E-state index contributed by atoms with van der Waals surface area (Å²) in [5, 5.41) is 13.9. The van der Waals surface area contributed by atoms with Crippen LogP contribution >= 0.6 is 15.9 Å². The third-order valence-corrected chi connectivity index (χ3v) is 3.36. The highest BCUT2D eigenvalue weighted by atomic mass is 79.9. The summed E-state index contributed by atoms with van der Waals surface area (Å²) in [6.45, 7) is 2.00. The third-order valence-electron chi connectivity index (χ3n) is 2.70. The van der Waals surface area contributed by atoms with Gasteiger partial charge in [0.05, 0.1) is 11.6 Å². The Morgan fingerprint density at radius 1 is 1.45 bits per heavy atom. The number of hydrogen-bond acceptors (Lipinski definition) is 2. The van der Waals surface area contributed by atoms with Gasteiger partial charge in [0.1, 0.15) is 5.82 Å². The molecule has 3 N–H and O–H groups in total. The van der Waals surface area contributed by atoms with Gasteiger partial charge in [-0.15, -0.1) is 0 Å². The van der Waals surface area contributed by atoms with E-state index in [0.717, 1.165) is 0 Å². The van der Waals surface area contributed by atoms with Crippen LogP contribution in [0.3, 0.4) is 0 Å². The molecule has 7 heteroatoms. The summed E-state index contributed by atoms with van der Waals surface area (Å²) in [7, 11) is 0. The zero-order chi connectivity index (χ0) is 15.1. The number of anilines is 1. The molecule has 1 aromatic rings. The van der Waals surface area contributed by atoms with Gasteiger partial charge in [0.2, 0.25) is 0 Å². The monoisotopic (exact) mass is 346 g/mol. The molecule has 110 valence electrons. The Morgan fingerprint density at radius 2 is 2.15 bits per heavy atom. The lowest BCUT2D eigenvalue weighted by atomic mass is 10.1. The molecule has 1 atom stereocenters. The number of carbonyl (C=O) groups is 2. The fraction of sp³-hybridized carbons (Fsp3) is 0.385. The number of amides is 2. The van der Waals surface area contributed by atoms with E-state index in [2.05, 4.69) is 26.6 Å². The van der Waals surface area contributed by atoms with Crippen molar-refractivity contribution in [3.05, 3.63) is 28.5 Å². The van der Waals surface area contributed by atoms with Gasteiger partial charge in [0.15, 0.2) is 0 Å². The first-order valence-electron chi connectivity index (χ1n) is 6.13. The fourth-order valence-corrected chi connectivity index (χ4v) is 1.94. The molecule has 0 spiro atoms. The lowest BCUT2D eigenvalue weighted by Crippen LogP contribution is -2.30. The Labute approximate surface area is 124 Å². The minimum atomic E-state index is -0.843. The largest absolute Gasteiger partial charge is 0.481 e. The van der Waals surface area contributed by atoms with Crippen LogP contribution in [0.2, 0.25) is 0 Å². The number of carboxylic acids is 1. The molecule has 0 heterocycles. The molecule has 1 rings (SSSR count). The molecule has 1 unspecified atom stereocenters. The summed E-state index contributed by atoms with van der Waals surface area (Å²) in [4.78, 5) is 22.2. The van der Waals surface area contributed by atoms with E-state index >= 15 is 0 Å². The molecule has 5 nitrogen and oxygen atoms in total. The minimum absolute atomic E-state index is 0.377. The second kappa shape index (κ2) is 7.84. The third kappa shape index (κ3) is 5.56. The fourth-order valence-electron chi connectivity index (χ4n) is 1.49. The minimum Gasteiger partial charge on any atom is -0.481 e. The Balaban J connectivity index is 2.32.